The van der Waals surface area contributed by atoms with Gasteiger partial charge in [0.1, 0.15) is 11.3 Å². The number of methoxy groups -OCH3 is 1. The number of carbonyl (C=O) groups excluding carboxylic acids is 3. The zero-order valence-electron chi connectivity index (χ0n) is 22.7. The van der Waals surface area contributed by atoms with Crippen molar-refractivity contribution in [2.45, 2.75) is 23.1 Å². The van der Waals surface area contributed by atoms with Gasteiger partial charge in [-0.15, -0.1) is 10.2 Å². The predicted molar refractivity (Wildman–Crippen MR) is 163 cm³/mol. The highest BCUT2D eigenvalue weighted by atomic mass is 35.5. The number of aliphatic hydroxyl groups is 1. The number of imidazole rings is 1. The van der Waals surface area contributed by atoms with Crippen molar-refractivity contribution in [2.75, 3.05) is 12.0 Å². The number of carbonyl (C=O) groups is 3. The molecular weight excluding hydrogens is 610 g/mol. The first-order valence-electron chi connectivity index (χ1n) is 12.9. The molecule has 0 aliphatic carbocycles. The number of ketones is 1. The van der Waals surface area contributed by atoms with Crippen molar-refractivity contribution in [3.63, 3.8) is 0 Å². The molecule has 1 atom stereocenters. The minimum absolute atomic E-state index is 0.130. The van der Waals surface area contributed by atoms with Crippen LogP contribution < -0.4 is 4.90 Å². The molecular formula is C30H22ClN5O5S2. The first-order chi connectivity index (χ1) is 20.8. The Labute approximate surface area is 258 Å². The van der Waals surface area contributed by atoms with Crippen LogP contribution >= 0.6 is 34.7 Å². The van der Waals surface area contributed by atoms with Crippen molar-refractivity contribution in [2.24, 2.45) is 0 Å². The van der Waals surface area contributed by atoms with Crippen molar-refractivity contribution < 1.29 is 24.2 Å². The second-order valence-electron chi connectivity index (χ2n) is 9.52. The van der Waals surface area contributed by atoms with Crippen molar-refractivity contribution >= 4 is 68.9 Å². The molecule has 1 saturated heterocycles. The van der Waals surface area contributed by atoms with Gasteiger partial charge in [0.15, 0.2) is 10.1 Å². The summed E-state index contributed by atoms with van der Waals surface area (Å²) >= 11 is 8.57. The first kappa shape index (κ1) is 28.6. The molecule has 1 fully saturated rings. The molecule has 13 heteroatoms. The van der Waals surface area contributed by atoms with E-state index in [9.17, 15) is 19.5 Å². The molecule has 4 heterocycles. The SMILES string of the molecule is COC(=O)c1ccc(C2/C(=C(\O)c3c(C)nc4ccccn34)C(=O)C(=O)N2c2nnc(SCc3ccc(Cl)cc3)s2)cc1. The lowest BCUT2D eigenvalue weighted by Crippen LogP contribution is -2.29. The van der Waals surface area contributed by atoms with Gasteiger partial charge in [0.25, 0.3) is 5.78 Å². The maximum atomic E-state index is 13.7. The van der Waals surface area contributed by atoms with Gasteiger partial charge < -0.3 is 9.84 Å². The van der Waals surface area contributed by atoms with Crippen LogP contribution in [-0.4, -0.2) is 49.5 Å². The number of anilines is 1. The predicted octanol–water partition coefficient (Wildman–Crippen LogP) is 5.85. The molecule has 0 saturated carbocycles. The minimum atomic E-state index is -1.05. The fourth-order valence-electron chi connectivity index (χ4n) is 4.87. The zero-order valence-corrected chi connectivity index (χ0v) is 25.1. The third kappa shape index (κ3) is 5.29. The van der Waals surface area contributed by atoms with Gasteiger partial charge in [-0.05, 0) is 54.4 Å². The van der Waals surface area contributed by atoms with Crippen LogP contribution in [0.4, 0.5) is 5.13 Å². The monoisotopic (exact) mass is 631 g/mol. The lowest BCUT2D eigenvalue weighted by atomic mass is 9.95. The molecule has 3 aromatic heterocycles. The number of thioether (sulfide) groups is 1. The Morgan fingerprint density at radius 2 is 1.81 bits per heavy atom. The van der Waals surface area contributed by atoms with Crippen LogP contribution in [0.15, 0.2) is 82.8 Å². The van der Waals surface area contributed by atoms with Crippen LogP contribution in [0.1, 0.15) is 38.9 Å². The highest BCUT2D eigenvalue weighted by Gasteiger charge is 2.49. The van der Waals surface area contributed by atoms with Crippen LogP contribution in [0.25, 0.3) is 11.4 Å². The maximum absolute atomic E-state index is 13.7. The van der Waals surface area contributed by atoms with Gasteiger partial charge in [-0.25, -0.2) is 9.78 Å². The van der Waals surface area contributed by atoms with Gasteiger partial charge in [0.2, 0.25) is 5.13 Å². The first-order valence-corrected chi connectivity index (χ1v) is 15.1. The third-order valence-corrected chi connectivity index (χ3v) is 9.28. The van der Waals surface area contributed by atoms with Crippen LogP contribution in [0.5, 0.6) is 0 Å². The second-order valence-corrected chi connectivity index (χ2v) is 12.1. The Kier molecular flexibility index (Phi) is 7.74. The van der Waals surface area contributed by atoms with E-state index in [1.54, 1.807) is 53.9 Å². The molecule has 6 rings (SSSR count). The summed E-state index contributed by atoms with van der Waals surface area (Å²) in [5.74, 6) is -2.05. The van der Waals surface area contributed by atoms with Crippen LogP contribution in [0, 0.1) is 6.92 Å². The van der Waals surface area contributed by atoms with Gasteiger partial charge in [-0.3, -0.25) is 18.9 Å². The Morgan fingerprint density at radius 3 is 2.53 bits per heavy atom. The average Bonchev–Trinajstić information content (AvgIpc) is 3.69. The number of aromatic nitrogens is 4. The number of hydrogen-bond donors (Lipinski definition) is 1. The van der Waals surface area contributed by atoms with Crippen LogP contribution in [-0.2, 0) is 20.1 Å². The molecule has 1 aliphatic heterocycles. The Morgan fingerprint density at radius 1 is 1.07 bits per heavy atom. The number of hydrogen-bond acceptors (Lipinski definition) is 10. The molecule has 10 nitrogen and oxygen atoms in total. The van der Waals surface area contributed by atoms with Crippen molar-refractivity contribution in [1.82, 2.24) is 19.6 Å². The lowest BCUT2D eigenvalue weighted by Gasteiger charge is -2.22. The topological polar surface area (TPSA) is 127 Å². The van der Waals surface area contributed by atoms with Crippen LogP contribution in [0.2, 0.25) is 5.02 Å². The van der Waals surface area contributed by atoms with E-state index < -0.39 is 23.7 Å². The fourth-order valence-corrected chi connectivity index (χ4v) is 6.82. The number of halogens is 1. The quantitative estimate of drug-likeness (QED) is 0.0587. The number of nitrogens with zero attached hydrogens (tertiary/aromatic N) is 5. The molecule has 1 amide bonds. The number of aryl methyl sites for hydroxylation is 1. The third-order valence-electron chi connectivity index (χ3n) is 6.90. The van der Waals surface area contributed by atoms with Crippen LogP contribution in [0.3, 0.4) is 0 Å². The lowest BCUT2D eigenvalue weighted by molar-refractivity contribution is -0.132. The highest BCUT2D eigenvalue weighted by molar-refractivity contribution is 8.00. The smallest absolute Gasteiger partial charge is 0.337 e. The number of Topliss-reactive ketones (excluding diaryl/α,β-unsaturated/α-hetero) is 1. The highest BCUT2D eigenvalue weighted by Crippen LogP contribution is 2.44. The minimum Gasteiger partial charge on any atom is -0.505 e. The van der Waals surface area contributed by atoms with E-state index in [2.05, 4.69) is 15.2 Å². The number of rotatable bonds is 7. The number of aliphatic hydroxyl groups excluding tert-OH is 1. The Bertz CT molecular complexity index is 1920. The molecule has 0 spiro atoms. The number of esters is 1. The largest absolute Gasteiger partial charge is 0.505 e. The van der Waals surface area contributed by atoms with E-state index in [4.69, 9.17) is 16.3 Å². The second kappa shape index (κ2) is 11.6. The van der Waals surface area contributed by atoms with E-state index in [0.717, 1.165) is 16.9 Å². The number of pyridine rings is 1. The fraction of sp³-hybridized carbons (Fsp3) is 0.133. The van der Waals surface area contributed by atoms with E-state index in [1.807, 2.05) is 18.2 Å². The molecule has 43 heavy (non-hydrogen) atoms. The number of amides is 1. The summed E-state index contributed by atoms with van der Waals surface area (Å²) in [7, 11) is 1.28. The van der Waals surface area contributed by atoms with E-state index in [1.165, 1.54) is 35.9 Å². The molecule has 0 radical (unpaired) electrons. The summed E-state index contributed by atoms with van der Waals surface area (Å²) < 4.78 is 7.06. The molecule has 5 aromatic rings. The normalized spacial score (nSPS) is 16.3. The van der Waals surface area contributed by atoms with E-state index in [-0.39, 0.29) is 22.0 Å². The molecule has 1 unspecified atom stereocenters. The van der Waals surface area contributed by atoms with Gasteiger partial charge in [-0.2, -0.15) is 0 Å². The van der Waals surface area contributed by atoms with E-state index in [0.29, 0.717) is 37.7 Å². The van der Waals surface area contributed by atoms with Gasteiger partial charge in [0.05, 0.1) is 30.0 Å². The van der Waals surface area contributed by atoms with E-state index >= 15 is 0 Å². The molecule has 216 valence electrons. The Hall–Kier alpha value is -4.52. The summed E-state index contributed by atoms with van der Waals surface area (Å²) in [5.41, 5.74) is 3.01. The van der Waals surface area contributed by atoms with Crippen molar-refractivity contribution in [3.05, 3.63) is 112 Å². The number of fused-ring (bicyclic) bond motifs is 1. The standard InChI is InChI=1S/C30H22ClN5O5S2/c1-16-23(35-14-4-3-5-21(35)32-16)25(37)22-24(18-8-10-19(11-9-18)28(40)41-2)36(27(39)26(22)38)29-33-34-30(43-29)42-15-17-6-12-20(31)13-7-17/h3-14,24,37H,15H2,1-2H3/b25-22+. The molecule has 2 aromatic carbocycles. The molecule has 1 N–H and O–H groups in total. The molecule has 0 bridgehead atoms. The average molecular weight is 632 g/mol. The zero-order chi connectivity index (χ0) is 30.2. The molecule has 1 aliphatic rings. The summed E-state index contributed by atoms with van der Waals surface area (Å²) in [6.45, 7) is 1.72. The van der Waals surface area contributed by atoms with Crippen molar-refractivity contribution in [1.29, 1.82) is 0 Å². The number of ether oxygens (including phenoxy) is 1. The van der Waals surface area contributed by atoms with Crippen molar-refractivity contribution in [3.8, 4) is 0 Å². The summed E-state index contributed by atoms with van der Waals surface area (Å²) in [4.78, 5) is 45.1. The summed E-state index contributed by atoms with van der Waals surface area (Å²) in [6, 6.07) is 18.0. The maximum Gasteiger partial charge on any atom is 0.337 e. The van der Waals surface area contributed by atoms with Gasteiger partial charge >= 0.3 is 11.9 Å². The van der Waals surface area contributed by atoms with Gasteiger partial charge in [-0.1, -0.05) is 65.0 Å². The summed E-state index contributed by atoms with van der Waals surface area (Å²) in [6.07, 6.45) is 1.72. The van der Waals surface area contributed by atoms with Gasteiger partial charge in [0, 0.05) is 17.0 Å². The number of benzene rings is 2. The Balaban J connectivity index is 1.44. The summed E-state index contributed by atoms with van der Waals surface area (Å²) in [5, 5.41) is 21.0.